The summed E-state index contributed by atoms with van der Waals surface area (Å²) in [5, 5.41) is 10.7. The zero-order valence-electron chi connectivity index (χ0n) is 12.9. The fraction of sp³-hybridized carbons (Fsp3) is 0.471. The van der Waals surface area contributed by atoms with E-state index >= 15 is 0 Å². The normalized spacial score (nSPS) is 17.5. The maximum absolute atomic E-state index is 5.59. The maximum atomic E-state index is 5.59. The average Bonchev–Trinajstić information content (AvgIpc) is 2.94. The van der Waals surface area contributed by atoms with Crippen molar-refractivity contribution in [1.82, 2.24) is 15.5 Å². The van der Waals surface area contributed by atoms with Crippen LogP contribution < -0.4 is 5.32 Å². The van der Waals surface area contributed by atoms with Crippen LogP contribution in [-0.4, -0.2) is 30.0 Å². The first-order valence-electron chi connectivity index (χ1n) is 7.73. The summed E-state index contributed by atoms with van der Waals surface area (Å²) >= 11 is 3.60. The highest BCUT2D eigenvalue weighted by Crippen LogP contribution is 2.35. The van der Waals surface area contributed by atoms with Crippen LogP contribution in [0.3, 0.4) is 0 Å². The third-order valence-corrected chi connectivity index (χ3v) is 5.09. The standard InChI is InChI=1S/C17H22BrN3O/c1-13-14(11-20-21-13)10-19-12-17(5-7-22-8-6-17)15-3-2-4-16(18)9-15/h2-4,9,11,19H,5-8,10,12H2,1H3,(H,20,21). The summed E-state index contributed by atoms with van der Waals surface area (Å²) in [4.78, 5) is 0. The van der Waals surface area contributed by atoms with Gasteiger partial charge in [0.1, 0.15) is 0 Å². The molecular weight excluding hydrogens is 342 g/mol. The fourth-order valence-corrected chi connectivity index (χ4v) is 3.54. The predicted octanol–water partition coefficient (Wildman–Crippen LogP) is 3.32. The third-order valence-electron chi connectivity index (χ3n) is 4.60. The summed E-state index contributed by atoms with van der Waals surface area (Å²) < 4.78 is 6.73. The van der Waals surface area contributed by atoms with Crippen LogP contribution >= 0.6 is 15.9 Å². The lowest BCUT2D eigenvalue weighted by Crippen LogP contribution is -2.42. The first-order valence-corrected chi connectivity index (χ1v) is 8.52. The zero-order chi connectivity index (χ0) is 15.4. The molecule has 5 heteroatoms. The molecule has 0 atom stereocenters. The molecule has 118 valence electrons. The summed E-state index contributed by atoms with van der Waals surface area (Å²) in [6, 6.07) is 8.69. The third kappa shape index (κ3) is 3.42. The Morgan fingerprint density at radius 3 is 2.86 bits per heavy atom. The molecule has 1 aromatic carbocycles. The number of hydrogen-bond donors (Lipinski definition) is 2. The van der Waals surface area contributed by atoms with Crippen LogP contribution in [0, 0.1) is 6.92 Å². The summed E-state index contributed by atoms with van der Waals surface area (Å²) in [7, 11) is 0. The molecule has 4 nitrogen and oxygen atoms in total. The van der Waals surface area contributed by atoms with Crippen LogP contribution in [-0.2, 0) is 16.7 Å². The van der Waals surface area contributed by atoms with Crippen molar-refractivity contribution in [2.75, 3.05) is 19.8 Å². The molecule has 1 saturated heterocycles. The largest absolute Gasteiger partial charge is 0.381 e. The number of rotatable bonds is 5. The minimum Gasteiger partial charge on any atom is -0.381 e. The van der Waals surface area contributed by atoms with Gasteiger partial charge in [0.15, 0.2) is 0 Å². The van der Waals surface area contributed by atoms with Gasteiger partial charge in [0.25, 0.3) is 0 Å². The van der Waals surface area contributed by atoms with Gasteiger partial charge in [-0.3, -0.25) is 5.10 Å². The van der Waals surface area contributed by atoms with Crippen molar-refractivity contribution in [2.24, 2.45) is 0 Å². The van der Waals surface area contributed by atoms with Crippen LogP contribution in [0.15, 0.2) is 34.9 Å². The molecule has 2 N–H and O–H groups in total. The van der Waals surface area contributed by atoms with Gasteiger partial charge in [-0.05, 0) is 37.5 Å². The van der Waals surface area contributed by atoms with Gasteiger partial charge in [-0.15, -0.1) is 0 Å². The topological polar surface area (TPSA) is 49.9 Å². The summed E-state index contributed by atoms with van der Waals surface area (Å²) in [6.07, 6.45) is 4.01. The molecule has 1 aliphatic rings. The lowest BCUT2D eigenvalue weighted by atomic mass is 9.74. The Morgan fingerprint density at radius 1 is 1.36 bits per heavy atom. The molecule has 0 amide bonds. The van der Waals surface area contributed by atoms with Crippen molar-refractivity contribution < 1.29 is 4.74 Å². The van der Waals surface area contributed by atoms with E-state index in [1.165, 1.54) is 11.1 Å². The number of H-pyrrole nitrogens is 1. The molecule has 0 bridgehead atoms. The van der Waals surface area contributed by atoms with Gasteiger partial charge in [-0.2, -0.15) is 5.10 Å². The minimum absolute atomic E-state index is 0.152. The van der Waals surface area contributed by atoms with Crippen molar-refractivity contribution >= 4 is 15.9 Å². The fourth-order valence-electron chi connectivity index (χ4n) is 3.14. The van der Waals surface area contributed by atoms with Gasteiger partial charge in [-0.1, -0.05) is 28.1 Å². The van der Waals surface area contributed by atoms with Crippen LogP contribution in [0.2, 0.25) is 0 Å². The number of aromatic nitrogens is 2. The number of ether oxygens (including phenoxy) is 1. The van der Waals surface area contributed by atoms with Gasteiger partial charge in [0.2, 0.25) is 0 Å². The molecule has 1 fully saturated rings. The number of aryl methyl sites for hydroxylation is 1. The smallest absolute Gasteiger partial charge is 0.0535 e. The van der Waals surface area contributed by atoms with Gasteiger partial charge < -0.3 is 10.1 Å². The van der Waals surface area contributed by atoms with Crippen molar-refractivity contribution in [3.05, 3.63) is 51.8 Å². The number of nitrogens with zero attached hydrogens (tertiary/aromatic N) is 1. The van der Waals surface area contributed by atoms with E-state index < -0.39 is 0 Å². The highest BCUT2D eigenvalue weighted by molar-refractivity contribution is 9.10. The van der Waals surface area contributed by atoms with Crippen molar-refractivity contribution in [2.45, 2.75) is 31.7 Å². The van der Waals surface area contributed by atoms with Crippen LogP contribution in [0.5, 0.6) is 0 Å². The molecule has 0 radical (unpaired) electrons. The van der Waals surface area contributed by atoms with Crippen molar-refractivity contribution in [3.63, 3.8) is 0 Å². The van der Waals surface area contributed by atoms with Gasteiger partial charge in [0.05, 0.1) is 6.20 Å². The van der Waals surface area contributed by atoms with Gasteiger partial charge in [-0.25, -0.2) is 0 Å². The van der Waals surface area contributed by atoms with E-state index in [1.807, 2.05) is 6.20 Å². The molecule has 1 aromatic heterocycles. The SMILES string of the molecule is Cc1[nH]ncc1CNCC1(c2cccc(Br)c2)CCOCC1. The van der Waals surface area contributed by atoms with Gasteiger partial charge in [0, 0.05) is 47.4 Å². The number of nitrogens with one attached hydrogen (secondary N) is 2. The van der Waals surface area contributed by atoms with Crippen LogP contribution in [0.4, 0.5) is 0 Å². The summed E-state index contributed by atoms with van der Waals surface area (Å²) in [5.41, 5.74) is 3.91. The summed E-state index contributed by atoms with van der Waals surface area (Å²) in [5.74, 6) is 0. The molecule has 2 heterocycles. The first-order chi connectivity index (χ1) is 10.7. The highest BCUT2D eigenvalue weighted by atomic mass is 79.9. The maximum Gasteiger partial charge on any atom is 0.0535 e. The molecule has 0 spiro atoms. The Hall–Kier alpha value is -1.17. The van der Waals surface area contributed by atoms with Crippen LogP contribution in [0.1, 0.15) is 29.7 Å². The molecular formula is C17H22BrN3O. The zero-order valence-corrected chi connectivity index (χ0v) is 14.4. The molecule has 22 heavy (non-hydrogen) atoms. The Kier molecular flexibility index (Phi) is 4.96. The van der Waals surface area contributed by atoms with E-state index in [9.17, 15) is 0 Å². The van der Waals surface area contributed by atoms with Crippen molar-refractivity contribution in [3.8, 4) is 0 Å². The monoisotopic (exact) mass is 363 g/mol. The van der Waals surface area contributed by atoms with Gasteiger partial charge >= 0.3 is 0 Å². The Bertz CT molecular complexity index is 620. The summed E-state index contributed by atoms with van der Waals surface area (Å²) in [6.45, 7) is 5.52. The van der Waals surface area contributed by atoms with E-state index in [-0.39, 0.29) is 5.41 Å². The lowest BCUT2D eigenvalue weighted by Gasteiger charge is -2.38. The number of hydrogen-bond acceptors (Lipinski definition) is 3. The Labute approximate surface area is 139 Å². The van der Waals surface area contributed by atoms with E-state index in [4.69, 9.17) is 4.74 Å². The second-order valence-electron chi connectivity index (χ2n) is 6.03. The van der Waals surface area contributed by atoms with E-state index in [2.05, 4.69) is 62.6 Å². The van der Waals surface area contributed by atoms with E-state index in [1.54, 1.807) is 0 Å². The molecule has 0 aliphatic carbocycles. The second-order valence-corrected chi connectivity index (χ2v) is 6.94. The minimum atomic E-state index is 0.152. The van der Waals surface area contributed by atoms with Crippen LogP contribution in [0.25, 0.3) is 0 Å². The molecule has 1 aliphatic heterocycles. The average molecular weight is 364 g/mol. The highest BCUT2D eigenvalue weighted by Gasteiger charge is 2.34. The Morgan fingerprint density at radius 2 is 2.18 bits per heavy atom. The predicted molar refractivity (Wildman–Crippen MR) is 90.9 cm³/mol. The number of benzene rings is 1. The Balaban J connectivity index is 1.73. The molecule has 2 aromatic rings. The quantitative estimate of drug-likeness (QED) is 0.856. The first kappa shape index (κ1) is 15.7. The van der Waals surface area contributed by atoms with E-state index in [0.717, 1.165) is 49.3 Å². The number of halogens is 1. The van der Waals surface area contributed by atoms with E-state index in [0.29, 0.717) is 0 Å². The van der Waals surface area contributed by atoms with Crippen molar-refractivity contribution in [1.29, 1.82) is 0 Å². The number of aromatic amines is 1. The second kappa shape index (κ2) is 6.94. The molecule has 0 saturated carbocycles. The molecule has 0 unspecified atom stereocenters. The molecule has 3 rings (SSSR count). The lowest BCUT2D eigenvalue weighted by molar-refractivity contribution is 0.0497.